The molecule has 3 aliphatic rings. The van der Waals surface area contributed by atoms with Crippen molar-refractivity contribution < 1.29 is 14.4 Å². The highest BCUT2D eigenvalue weighted by molar-refractivity contribution is 8.00. The Hall–Kier alpha value is -3.21. The summed E-state index contributed by atoms with van der Waals surface area (Å²) in [4.78, 5) is 45.4. The maximum Gasteiger partial charge on any atom is 0.257 e. The summed E-state index contributed by atoms with van der Waals surface area (Å²) in [6, 6.07) is 16.2. The lowest BCUT2D eigenvalue weighted by molar-refractivity contribution is -0.130. The van der Waals surface area contributed by atoms with Crippen molar-refractivity contribution in [2.75, 3.05) is 31.5 Å². The maximum absolute atomic E-state index is 13.0. The molecule has 0 radical (unpaired) electrons. The van der Waals surface area contributed by atoms with E-state index < -0.39 is 0 Å². The molecule has 3 fully saturated rings. The SMILES string of the molecule is CC(=O)N1CCN(C(=O)c2cccc(CSc3cnc(NC(=O)c4ccc(CN[C@@H]5CC6CCC5C6)cc4)s3)c2)CC1. The molecule has 0 spiro atoms. The maximum atomic E-state index is 13.0. The number of fused-ring (bicyclic) bond motifs is 2. The van der Waals surface area contributed by atoms with E-state index in [0.717, 1.165) is 28.2 Å². The molecule has 2 unspecified atom stereocenters. The van der Waals surface area contributed by atoms with E-state index in [4.69, 9.17) is 0 Å². The van der Waals surface area contributed by atoms with Gasteiger partial charge in [0.05, 0.1) is 10.4 Å². The number of rotatable bonds is 9. The van der Waals surface area contributed by atoms with Crippen molar-refractivity contribution in [3.8, 4) is 0 Å². The quantitative estimate of drug-likeness (QED) is 0.324. The van der Waals surface area contributed by atoms with Crippen LogP contribution in [0.25, 0.3) is 0 Å². The van der Waals surface area contributed by atoms with Crippen LogP contribution in [-0.2, 0) is 17.1 Å². The number of benzene rings is 2. The van der Waals surface area contributed by atoms with Gasteiger partial charge in [-0.25, -0.2) is 4.98 Å². The smallest absolute Gasteiger partial charge is 0.257 e. The molecule has 1 saturated heterocycles. The molecular weight excluding hydrogens is 567 g/mol. The summed E-state index contributed by atoms with van der Waals surface area (Å²) < 4.78 is 0.990. The number of nitrogens with one attached hydrogen (secondary N) is 2. The Morgan fingerprint density at radius 2 is 1.74 bits per heavy atom. The number of anilines is 1. The van der Waals surface area contributed by atoms with Gasteiger partial charge in [0.1, 0.15) is 0 Å². The lowest BCUT2D eigenvalue weighted by atomic mass is 9.95. The average molecular weight is 604 g/mol. The topological polar surface area (TPSA) is 94.6 Å². The van der Waals surface area contributed by atoms with Crippen molar-refractivity contribution in [2.45, 2.75) is 55.2 Å². The van der Waals surface area contributed by atoms with Crippen molar-refractivity contribution in [1.82, 2.24) is 20.1 Å². The average Bonchev–Trinajstić information content (AvgIpc) is 3.77. The van der Waals surface area contributed by atoms with Gasteiger partial charge in [-0.2, -0.15) is 0 Å². The molecule has 220 valence electrons. The second-order valence-electron chi connectivity index (χ2n) is 11.6. The standard InChI is InChI=1S/C32H37N5O3S2/c1-21(38)36-11-13-37(14-12-36)31(40)27-4-2-3-24(16-27)20-41-29-19-34-32(42-29)35-30(39)25-8-5-22(6-9-25)18-33-28-17-23-7-10-26(28)15-23/h2-6,8-9,16,19,23,26,28,33H,7,10-15,17-18,20H2,1H3,(H,34,35,39)/t23?,26?,28-/m1/s1. The summed E-state index contributed by atoms with van der Waals surface area (Å²) >= 11 is 3.07. The first-order chi connectivity index (χ1) is 20.4. The third-order valence-electron chi connectivity index (χ3n) is 8.79. The van der Waals surface area contributed by atoms with Crippen molar-refractivity contribution in [1.29, 1.82) is 0 Å². The first-order valence-corrected chi connectivity index (χ1v) is 16.6. The Bertz CT molecular complexity index is 1430. The summed E-state index contributed by atoms with van der Waals surface area (Å²) in [5.41, 5.74) is 3.52. The monoisotopic (exact) mass is 603 g/mol. The van der Waals surface area contributed by atoms with Crippen LogP contribution in [-0.4, -0.2) is 64.7 Å². The number of hydrogen-bond donors (Lipinski definition) is 2. The van der Waals surface area contributed by atoms with Gasteiger partial charge in [0.15, 0.2) is 5.13 Å². The Labute approximate surface area is 255 Å². The van der Waals surface area contributed by atoms with Crippen LogP contribution in [0, 0.1) is 11.8 Å². The highest BCUT2D eigenvalue weighted by Crippen LogP contribution is 2.44. The van der Waals surface area contributed by atoms with Crippen LogP contribution in [0.4, 0.5) is 5.13 Å². The van der Waals surface area contributed by atoms with E-state index in [9.17, 15) is 14.4 Å². The minimum absolute atomic E-state index is 0.00208. The first kappa shape index (κ1) is 28.9. The number of aromatic nitrogens is 1. The van der Waals surface area contributed by atoms with E-state index in [1.165, 1.54) is 42.6 Å². The van der Waals surface area contributed by atoms with E-state index in [1.54, 1.807) is 29.8 Å². The molecule has 1 aromatic heterocycles. The van der Waals surface area contributed by atoms with Gasteiger partial charge in [0, 0.05) is 62.6 Å². The van der Waals surface area contributed by atoms with E-state index in [-0.39, 0.29) is 17.7 Å². The molecule has 8 nitrogen and oxygen atoms in total. The van der Waals surface area contributed by atoms with Gasteiger partial charge >= 0.3 is 0 Å². The molecule has 6 rings (SSSR count). The molecule has 2 heterocycles. The fourth-order valence-electron chi connectivity index (χ4n) is 6.43. The van der Waals surface area contributed by atoms with Crippen LogP contribution in [0.2, 0.25) is 0 Å². The zero-order chi connectivity index (χ0) is 29.1. The number of piperazine rings is 1. The van der Waals surface area contributed by atoms with Crippen LogP contribution in [0.5, 0.6) is 0 Å². The largest absolute Gasteiger partial charge is 0.339 e. The van der Waals surface area contributed by atoms with E-state index >= 15 is 0 Å². The van der Waals surface area contributed by atoms with Crippen molar-refractivity contribution >= 4 is 46.0 Å². The number of thioether (sulfide) groups is 1. The highest BCUT2D eigenvalue weighted by Gasteiger charge is 2.39. The lowest BCUT2D eigenvalue weighted by Gasteiger charge is -2.34. The summed E-state index contributed by atoms with van der Waals surface area (Å²) in [6.45, 7) is 4.66. The first-order valence-electron chi connectivity index (χ1n) is 14.8. The summed E-state index contributed by atoms with van der Waals surface area (Å²) in [7, 11) is 0. The van der Waals surface area contributed by atoms with Gasteiger partial charge in [-0.05, 0) is 66.5 Å². The van der Waals surface area contributed by atoms with Gasteiger partial charge < -0.3 is 15.1 Å². The fourth-order valence-corrected chi connectivity index (χ4v) is 8.24. The molecule has 2 saturated carbocycles. The van der Waals surface area contributed by atoms with Gasteiger partial charge in [0.2, 0.25) is 5.91 Å². The number of amides is 3. The molecule has 2 N–H and O–H groups in total. The Morgan fingerprint density at radius 3 is 2.45 bits per heavy atom. The fraction of sp³-hybridized carbons (Fsp3) is 0.438. The summed E-state index contributed by atoms with van der Waals surface area (Å²) in [5, 5.41) is 7.23. The Balaban J connectivity index is 0.966. The van der Waals surface area contributed by atoms with E-state index in [0.29, 0.717) is 54.2 Å². The van der Waals surface area contributed by atoms with Gasteiger partial charge in [-0.15, -0.1) is 11.8 Å². The summed E-state index contributed by atoms with van der Waals surface area (Å²) in [5.74, 6) is 2.35. The Kier molecular flexibility index (Phi) is 8.92. The number of thiazole rings is 1. The zero-order valence-corrected chi connectivity index (χ0v) is 25.5. The van der Waals surface area contributed by atoms with Crippen molar-refractivity contribution in [2.24, 2.45) is 11.8 Å². The molecule has 10 heteroatoms. The normalized spacial score (nSPS) is 21.5. The van der Waals surface area contributed by atoms with E-state index in [1.807, 2.05) is 53.4 Å². The van der Waals surface area contributed by atoms with Crippen LogP contribution in [0.3, 0.4) is 0 Å². The van der Waals surface area contributed by atoms with Crippen LogP contribution < -0.4 is 10.6 Å². The minimum Gasteiger partial charge on any atom is -0.339 e. The number of carbonyl (C=O) groups is 3. The summed E-state index contributed by atoms with van der Waals surface area (Å²) in [6.07, 6.45) is 7.26. The van der Waals surface area contributed by atoms with E-state index in [2.05, 4.69) is 15.6 Å². The molecule has 3 aromatic rings. The minimum atomic E-state index is -0.163. The number of carbonyl (C=O) groups excluding carboxylic acids is 3. The second kappa shape index (κ2) is 13.0. The molecule has 42 heavy (non-hydrogen) atoms. The molecule has 2 aliphatic carbocycles. The molecule has 3 atom stereocenters. The Morgan fingerprint density at radius 1 is 0.952 bits per heavy atom. The molecule has 2 aromatic carbocycles. The number of nitrogens with zero attached hydrogens (tertiary/aromatic N) is 3. The van der Waals surface area contributed by atoms with Gasteiger partial charge in [-0.3, -0.25) is 19.7 Å². The predicted molar refractivity (Wildman–Crippen MR) is 167 cm³/mol. The van der Waals surface area contributed by atoms with Crippen LogP contribution in [0.15, 0.2) is 58.9 Å². The second-order valence-corrected chi connectivity index (χ2v) is 13.9. The third-order valence-corrected chi connectivity index (χ3v) is 11.0. The van der Waals surface area contributed by atoms with Crippen LogP contribution in [0.1, 0.15) is 64.4 Å². The van der Waals surface area contributed by atoms with Crippen LogP contribution >= 0.6 is 23.1 Å². The van der Waals surface area contributed by atoms with Gasteiger partial charge in [0.25, 0.3) is 11.8 Å². The predicted octanol–water partition coefficient (Wildman–Crippen LogP) is 5.27. The lowest BCUT2D eigenvalue weighted by Crippen LogP contribution is -2.50. The van der Waals surface area contributed by atoms with Gasteiger partial charge in [-0.1, -0.05) is 42.0 Å². The number of hydrogen-bond acceptors (Lipinski definition) is 7. The third kappa shape index (κ3) is 6.88. The zero-order valence-electron chi connectivity index (χ0n) is 23.9. The van der Waals surface area contributed by atoms with Crippen molar-refractivity contribution in [3.05, 3.63) is 77.0 Å². The highest BCUT2D eigenvalue weighted by atomic mass is 32.2. The molecule has 1 aliphatic heterocycles. The molecule has 2 bridgehead atoms. The molecule has 3 amide bonds. The molecular formula is C32H37N5O3S2. The van der Waals surface area contributed by atoms with Crippen molar-refractivity contribution in [3.63, 3.8) is 0 Å².